The molecule has 0 radical (unpaired) electrons. The SMILES string of the molecule is C=Cc1ccc(S(=O)(=O)N(CCO)CCO)cc1. The molecule has 1 aromatic carbocycles. The van der Waals surface area contributed by atoms with Crippen LogP contribution >= 0.6 is 0 Å². The monoisotopic (exact) mass is 271 g/mol. The van der Waals surface area contributed by atoms with Crippen LogP contribution in [0.25, 0.3) is 6.08 Å². The Morgan fingerprint density at radius 1 is 1.11 bits per heavy atom. The molecule has 0 aliphatic carbocycles. The number of aliphatic hydroxyl groups excluding tert-OH is 2. The summed E-state index contributed by atoms with van der Waals surface area (Å²) in [4.78, 5) is 0.134. The van der Waals surface area contributed by atoms with Crippen molar-refractivity contribution in [1.82, 2.24) is 4.31 Å². The summed E-state index contributed by atoms with van der Waals surface area (Å²) in [6.07, 6.45) is 1.62. The number of hydrogen-bond acceptors (Lipinski definition) is 4. The lowest BCUT2D eigenvalue weighted by molar-refractivity contribution is 0.217. The van der Waals surface area contributed by atoms with Crippen LogP contribution in [-0.4, -0.2) is 49.2 Å². The molecule has 0 saturated heterocycles. The predicted molar refractivity (Wildman–Crippen MR) is 69.5 cm³/mol. The zero-order valence-electron chi connectivity index (χ0n) is 9.99. The van der Waals surface area contributed by atoms with Crippen molar-refractivity contribution in [1.29, 1.82) is 0 Å². The Kier molecular flexibility index (Phi) is 5.49. The Bertz CT molecular complexity index is 475. The van der Waals surface area contributed by atoms with Gasteiger partial charge in [0, 0.05) is 13.1 Å². The van der Waals surface area contributed by atoms with E-state index in [-0.39, 0.29) is 31.2 Å². The highest BCUT2D eigenvalue weighted by Crippen LogP contribution is 2.16. The van der Waals surface area contributed by atoms with Crippen LogP contribution in [0.3, 0.4) is 0 Å². The van der Waals surface area contributed by atoms with Gasteiger partial charge in [-0.15, -0.1) is 0 Å². The Labute approximate surface area is 107 Å². The van der Waals surface area contributed by atoms with Crippen molar-refractivity contribution < 1.29 is 18.6 Å². The van der Waals surface area contributed by atoms with Crippen LogP contribution in [0.15, 0.2) is 35.7 Å². The molecule has 100 valence electrons. The van der Waals surface area contributed by atoms with Gasteiger partial charge < -0.3 is 10.2 Å². The summed E-state index contributed by atoms with van der Waals surface area (Å²) in [6.45, 7) is 2.94. The first-order chi connectivity index (χ1) is 8.56. The van der Waals surface area contributed by atoms with Crippen molar-refractivity contribution in [3.63, 3.8) is 0 Å². The molecule has 0 atom stereocenters. The molecule has 1 aromatic rings. The van der Waals surface area contributed by atoms with E-state index >= 15 is 0 Å². The number of nitrogens with zero attached hydrogens (tertiary/aromatic N) is 1. The highest BCUT2D eigenvalue weighted by molar-refractivity contribution is 7.89. The van der Waals surface area contributed by atoms with E-state index in [9.17, 15) is 8.42 Å². The summed E-state index contributed by atoms with van der Waals surface area (Å²) < 4.78 is 25.4. The normalized spacial score (nSPS) is 11.7. The lowest BCUT2D eigenvalue weighted by Crippen LogP contribution is -2.35. The van der Waals surface area contributed by atoms with Gasteiger partial charge in [0.1, 0.15) is 0 Å². The van der Waals surface area contributed by atoms with Crippen LogP contribution in [0.5, 0.6) is 0 Å². The summed E-state index contributed by atoms with van der Waals surface area (Å²) in [7, 11) is -3.67. The van der Waals surface area contributed by atoms with E-state index in [0.29, 0.717) is 0 Å². The van der Waals surface area contributed by atoms with Crippen LogP contribution in [0, 0.1) is 0 Å². The lowest BCUT2D eigenvalue weighted by Gasteiger charge is -2.20. The van der Waals surface area contributed by atoms with Gasteiger partial charge in [0.15, 0.2) is 0 Å². The van der Waals surface area contributed by atoms with Gasteiger partial charge in [-0.2, -0.15) is 4.31 Å². The molecule has 0 aliphatic rings. The lowest BCUT2D eigenvalue weighted by atomic mass is 10.2. The molecule has 0 fully saturated rings. The van der Waals surface area contributed by atoms with Gasteiger partial charge in [-0.05, 0) is 17.7 Å². The zero-order chi connectivity index (χ0) is 13.6. The van der Waals surface area contributed by atoms with Gasteiger partial charge in [-0.25, -0.2) is 8.42 Å². The van der Waals surface area contributed by atoms with Crippen molar-refractivity contribution in [2.75, 3.05) is 26.3 Å². The van der Waals surface area contributed by atoms with Crippen molar-refractivity contribution in [3.8, 4) is 0 Å². The molecule has 18 heavy (non-hydrogen) atoms. The second-order valence-corrected chi connectivity index (χ2v) is 5.56. The number of benzene rings is 1. The zero-order valence-corrected chi connectivity index (χ0v) is 10.8. The molecule has 2 N–H and O–H groups in total. The van der Waals surface area contributed by atoms with E-state index in [1.165, 1.54) is 12.1 Å². The summed E-state index contributed by atoms with van der Waals surface area (Å²) in [5.41, 5.74) is 0.824. The second kappa shape index (κ2) is 6.65. The smallest absolute Gasteiger partial charge is 0.243 e. The van der Waals surface area contributed by atoms with Crippen molar-refractivity contribution in [2.24, 2.45) is 0 Å². The van der Waals surface area contributed by atoms with Crippen LogP contribution in [0.4, 0.5) is 0 Å². The molecule has 1 rings (SSSR count). The van der Waals surface area contributed by atoms with E-state index in [1.54, 1.807) is 18.2 Å². The third-order valence-corrected chi connectivity index (χ3v) is 4.37. The average molecular weight is 271 g/mol. The highest BCUT2D eigenvalue weighted by atomic mass is 32.2. The Morgan fingerprint density at radius 2 is 1.61 bits per heavy atom. The van der Waals surface area contributed by atoms with Crippen molar-refractivity contribution in [3.05, 3.63) is 36.4 Å². The maximum atomic E-state index is 12.2. The summed E-state index contributed by atoms with van der Waals surface area (Å²) in [6, 6.07) is 6.26. The maximum Gasteiger partial charge on any atom is 0.243 e. The third kappa shape index (κ3) is 3.39. The fraction of sp³-hybridized carbons (Fsp3) is 0.333. The standard InChI is InChI=1S/C12H17NO4S/c1-2-11-3-5-12(6-4-11)18(16,17)13(7-9-14)8-10-15/h2-6,14-15H,1,7-10H2. The second-order valence-electron chi connectivity index (χ2n) is 3.62. The third-order valence-electron chi connectivity index (χ3n) is 2.45. The molecule has 0 amide bonds. The highest BCUT2D eigenvalue weighted by Gasteiger charge is 2.23. The molecule has 0 aliphatic heterocycles. The first-order valence-corrected chi connectivity index (χ1v) is 6.94. The molecule has 0 aromatic heterocycles. The molecular formula is C12H17NO4S. The van der Waals surface area contributed by atoms with E-state index in [1.807, 2.05) is 0 Å². The summed E-state index contributed by atoms with van der Waals surface area (Å²) >= 11 is 0. The summed E-state index contributed by atoms with van der Waals surface area (Å²) in [5.74, 6) is 0. The summed E-state index contributed by atoms with van der Waals surface area (Å²) in [5, 5.41) is 17.7. The fourth-order valence-corrected chi connectivity index (χ4v) is 2.92. The largest absolute Gasteiger partial charge is 0.395 e. The topological polar surface area (TPSA) is 77.8 Å². The number of aliphatic hydroxyl groups is 2. The van der Waals surface area contributed by atoms with E-state index < -0.39 is 10.0 Å². The Hall–Kier alpha value is -1.21. The van der Waals surface area contributed by atoms with E-state index in [4.69, 9.17) is 10.2 Å². The molecular weight excluding hydrogens is 254 g/mol. The number of hydrogen-bond donors (Lipinski definition) is 2. The minimum Gasteiger partial charge on any atom is -0.395 e. The first-order valence-electron chi connectivity index (χ1n) is 5.50. The molecule has 6 heteroatoms. The van der Waals surface area contributed by atoms with Gasteiger partial charge in [-0.1, -0.05) is 24.8 Å². The van der Waals surface area contributed by atoms with Gasteiger partial charge >= 0.3 is 0 Å². The Balaban J connectivity index is 3.04. The first kappa shape index (κ1) is 14.8. The van der Waals surface area contributed by atoms with Crippen LogP contribution in [0.2, 0.25) is 0 Å². The van der Waals surface area contributed by atoms with E-state index in [0.717, 1.165) is 9.87 Å². The Morgan fingerprint density at radius 3 is 2.00 bits per heavy atom. The van der Waals surface area contributed by atoms with Crippen molar-refractivity contribution in [2.45, 2.75) is 4.90 Å². The maximum absolute atomic E-state index is 12.2. The van der Waals surface area contributed by atoms with Crippen LogP contribution in [0.1, 0.15) is 5.56 Å². The van der Waals surface area contributed by atoms with Crippen molar-refractivity contribution >= 4 is 16.1 Å². The minimum atomic E-state index is -3.67. The average Bonchev–Trinajstić information content (AvgIpc) is 2.38. The molecule has 0 spiro atoms. The van der Waals surface area contributed by atoms with Gasteiger partial charge in [0.2, 0.25) is 10.0 Å². The van der Waals surface area contributed by atoms with Gasteiger partial charge in [0.05, 0.1) is 18.1 Å². The molecule has 0 unspecified atom stereocenters. The minimum absolute atomic E-state index is 0.0356. The van der Waals surface area contributed by atoms with Crippen LogP contribution in [-0.2, 0) is 10.0 Å². The molecule has 0 saturated carbocycles. The van der Waals surface area contributed by atoms with Gasteiger partial charge in [-0.3, -0.25) is 0 Å². The fourth-order valence-electron chi connectivity index (χ4n) is 1.50. The molecule has 0 bridgehead atoms. The van der Waals surface area contributed by atoms with Gasteiger partial charge in [0.25, 0.3) is 0 Å². The molecule has 5 nitrogen and oxygen atoms in total. The molecule has 0 heterocycles. The van der Waals surface area contributed by atoms with E-state index in [2.05, 4.69) is 6.58 Å². The number of sulfonamides is 1. The quantitative estimate of drug-likeness (QED) is 0.748. The van der Waals surface area contributed by atoms with Crippen LogP contribution < -0.4 is 0 Å². The number of rotatable bonds is 7. The predicted octanol–water partition coefficient (Wildman–Crippen LogP) is 0.305.